The van der Waals surface area contributed by atoms with Gasteiger partial charge in [0.2, 0.25) is 0 Å². The monoisotopic (exact) mass is 207 g/mol. The molecule has 0 amide bonds. The molecule has 1 unspecified atom stereocenters. The fourth-order valence-corrected chi connectivity index (χ4v) is 0.944. The average molecular weight is 207 g/mol. The van der Waals surface area contributed by atoms with Gasteiger partial charge in [-0.25, -0.2) is 4.79 Å². The minimum Gasteiger partial charge on any atom is -0.477 e. The Balaban J connectivity index is 4.01. The summed E-state index contributed by atoms with van der Waals surface area (Å²) in [5, 5.41) is 10.6. The Morgan fingerprint density at radius 2 is 2.29 bits per heavy atom. The zero-order valence-electron chi connectivity index (χ0n) is 8.09. The van der Waals surface area contributed by atoms with Crippen LogP contribution in [0.25, 0.3) is 0 Å². The van der Waals surface area contributed by atoms with Crippen LogP contribution in [0.15, 0.2) is 12.7 Å². The Kier molecular flexibility index (Phi) is 5.30. The molecule has 0 aliphatic heterocycles. The van der Waals surface area contributed by atoms with Crippen molar-refractivity contribution in [3.05, 3.63) is 12.7 Å². The summed E-state index contributed by atoms with van der Waals surface area (Å²) < 4.78 is 25.2. The van der Waals surface area contributed by atoms with Gasteiger partial charge in [0, 0.05) is 6.04 Å². The molecular weight excluding hydrogens is 192 g/mol. The highest BCUT2D eigenvalue weighted by molar-refractivity contribution is 5.75. The van der Waals surface area contributed by atoms with Gasteiger partial charge in [-0.3, -0.25) is 0 Å². The summed E-state index contributed by atoms with van der Waals surface area (Å²) in [5.41, 5.74) is 0. The number of hydrogen-bond donors (Lipinski definition) is 2. The second-order valence-electron chi connectivity index (χ2n) is 3.02. The summed E-state index contributed by atoms with van der Waals surface area (Å²) in [6.45, 7) is 4.48. The first-order valence-corrected chi connectivity index (χ1v) is 4.39. The summed E-state index contributed by atoms with van der Waals surface area (Å²) >= 11 is 0. The van der Waals surface area contributed by atoms with Crippen molar-refractivity contribution in [2.45, 2.75) is 31.7 Å². The Morgan fingerprint density at radius 3 is 2.64 bits per heavy atom. The van der Waals surface area contributed by atoms with Crippen molar-refractivity contribution >= 4 is 5.97 Å². The first-order valence-electron chi connectivity index (χ1n) is 4.39. The highest BCUT2D eigenvalue weighted by Crippen LogP contribution is 2.12. The van der Waals surface area contributed by atoms with Crippen molar-refractivity contribution in [3.63, 3.8) is 0 Å². The van der Waals surface area contributed by atoms with Crippen LogP contribution >= 0.6 is 0 Å². The smallest absolute Gasteiger partial charge is 0.375 e. The van der Waals surface area contributed by atoms with Gasteiger partial charge in [0.25, 0.3) is 0 Å². The Bertz CT molecular complexity index is 207. The van der Waals surface area contributed by atoms with E-state index in [4.69, 9.17) is 5.11 Å². The first-order chi connectivity index (χ1) is 6.44. The maximum absolute atomic E-state index is 12.6. The molecule has 0 bridgehead atoms. The van der Waals surface area contributed by atoms with Gasteiger partial charge < -0.3 is 10.4 Å². The zero-order valence-corrected chi connectivity index (χ0v) is 8.09. The molecule has 82 valence electrons. The highest BCUT2D eigenvalue weighted by atomic mass is 19.3. The second-order valence-corrected chi connectivity index (χ2v) is 3.02. The molecule has 0 radical (unpaired) electrons. The van der Waals surface area contributed by atoms with Crippen LogP contribution in [0.5, 0.6) is 0 Å². The number of nitrogens with one attached hydrogen (secondary N) is 1. The molecule has 3 nitrogen and oxygen atoms in total. The molecule has 0 aromatic rings. The number of carboxylic acid groups (broad SMARTS) is 1. The van der Waals surface area contributed by atoms with Gasteiger partial charge in [0.15, 0.2) is 0 Å². The number of carbonyl (C=O) groups is 1. The van der Waals surface area contributed by atoms with Gasteiger partial charge in [0.1, 0.15) is 0 Å². The first kappa shape index (κ1) is 13.0. The fourth-order valence-electron chi connectivity index (χ4n) is 0.944. The second kappa shape index (κ2) is 5.70. The Hall–Kier alpha value is -0.970. The number of carboxylic acids is 1. The lowest BCUT2D eigenvalue weighted by Gasteiger charge is -2.18. The number of rotatable bonds is 7. The minimum atomic E-state index is -3.70. The maximum atomic E-state index is 12.6. The van der Waals surface area contributed by atoms with E-state index in [2.05, 4.69) is 11.9 Å². The number of aliphatic carboxylic acids is 1. The molecule has 5 heteroatoms. The van der Waals surface area contributed by atoms with E-state index < -0.39 is 18.4 Å². The van der Waals surface area contributed by atoms with Gasteiger partial charge in [-0.1, -0.05) is 13.0 Å². The van der Waals surface area contributed by atoms with E-state index in [0.29, 0.717) is 12.8 Å². The molecule has 0 aliphatic rings. The third-order valence-electron chi connectivity index (χ3n) is 1.87. The van der Waals surface area contributed by atoms with Crippen LogP contribution in [0.2, 0.25) is 0 Å². The highest BCUT2D eigenvalue weighted by Gasteiger charge is 2.38. The topological polar surface area (TPSA) is 49.3 Å². The fraction of sp³-hybridized carbons (Fsp3) is 0.667. The van der Waals surface area contributed by atoms with Crippen molar-refractivity contribution in [3.8, 4) is 0 Å². The van der Waals surface area contributed by atoms with Crippen LogP contribution in [0.4, 0.5) is 8.78 Å². The standard InChI is InChI=1S/C9H15F2NO2/c1-3-5-7(4-2)12-6-9(10,11)8(13)14/h3,7,12H,1,4-6H2,2H3,(H,13,14). The van der Waals surface area contributed by atoms with Crippen LogP contribution in [-0.4, -0.2) is 29.6 Å². The van der Waals surface area contributed by atoms with Crippen molar-refractivity contribution in [2.24, 2.45) is 0 Å². The van der Waals surface area contributed by atoms with E-state index >= 15 is 0 Å². The maximum Gasteiger partial charge on any atom is 0.375 e. The van der Waals surface area contributed by atoms with Crippen LogP contribution in [-0.2, 0) is 4.79 Å². The number of halogens is 2. The quantitative estimate of drug-likeness (QED) is 0.624. The van der Waals surface area contributed by atoms with Crippen molar-refractivity contribution in [1.29, 1.82) is 0 Å². The van der Waals surface area contributed by atoms with Crippen molar-refractivity contribution in [2.75, 3.05) is 6.54 Å². The summed E-state index contributed by atoms with van der Waals surface area (Å²) in [5.74, 6) is -5.80. The molecular formula is C9H15F2NO2. The predicted octanol–water partition coefficient (Wildman–Crippen LogP) is 1.65. The molecule has 0 heterocycles. The molecule has 0 aromatic carbocycles. The normalized spacial score (nSPS) is 13.6. The van der Waals surface area contributed by atoms with Gasteiger partial charge in [-0.15, -0.1) is 6.58 Å². The van der Waals surface area contributed by atoms with E-state index in [1.807, 2.05) is 6.92 Å². The minimum absolute atomic E-state index is 0.141. The van der Waals surface area contributed by atoms with Crippen molar-refractivity contribution < 1.29 is 18.7 Å². The van der Waals surface area contributed by atoms with E-state index in [-0.39, 0.29) is 6.04 Å². The summed E-state index contributed by atoms with van der Waals surface area (Å²) in [6, 6.07) is -0.141. The Morgan fingerprint density at radius 1 is 1.71 bits per heavy atom. The summed E-state index contributed by atoms with van der Waals surface area (Å²) in [6.07, 6.45) is 2.81. The van der Waals surface area contributed by atoms with Crippen LogP contribution in [0.3, 0.4) is 0 Å². The van der Waals surface area contributed by atoms with Gasteiger partial charge in [-0.05, 0) is 12.8 Å². The molecule has 0 fully saturated rings. The van der Waals surface area contributed by atoms with Crippen LogP contribution in [0.1, 0.15) is 19.8 Å². The van der Waals surface area contributed by atoms with Crippen LogP contribution in [0, 0.1) is 0 Å². The predicted molar refractivity (Wildman–Crippen MR) is 49.5 cm³/mol. The summed E-state index contributed by atoms with van der Waals surface area (Å²) in [4.78, 5) is 10.1. The van der Waals surface area contributed by atoms with E-state index in [1.54, 1.807) is 6.08 Å². The third kappa shape index (κ3) is 4.32. The summed E-state index contributed by atoms with van der Waals surface area (Å²) in [7, 11) is 0. The number of hydrogen-bond acceptors (Lipinski definition) is 2. The lowest BCUT2D eigenvalue weighted by atomic mass is 10.1. The molecule has 0 saturated heterocycles. The molecule has 1 atom stereocenters. The molecule has 0 rings (SSSR count). The van der Waals surface area contributed by atoms with Gasteiger partial charge in [-0.2, -0.15) is 8.78 Å². The molecule has 2 N–H and O–H groups in total. The molecule has 0 saturated carbocycles. The third-order valence-corrected chi connectivity index (χ3v) is 1.87. The number of alkyl halides is 2. The SMILES string of the molecule is C=CCC(CC)NCC(F)(F)C(=O)O. The molecule has 14 heavy (non-hydrogen) atoms. The van der Waals surface area contributed by atoms with Crippen molar-refractivity contribution in [1.82, 2.24) is 5.32 Å². The largest absolute Gasteiger partial charge is 0.477 e. The Labute approximate surface area is 81.8 Å². The van der Waals surface area contributed by atoms with E-state index in [9.17, 15) is 13.6 Å². The lowest BCUT2D eigenvalue weighted by molar-refractivity contribution is -0.164. The van der Waals surface area contributed by atoms with Crippen LogP contribution < -0.4 is 5.32 Å². The molecule has 0 aliphatic carbocycles. The average Bonchev–Trinajstić information content (AvgIpc) is 2.12. The zero-order chi connectivity index (χ0) is 11.2. The van der Waals surface area contributed by atoms with Gasteiger partial charge in [0.05, 0.1) is 6.54 Å². The molecule has 0 aromatic heterocycles. The lowest BCUT2D eigenvalue weighted by Crippen LogP contribution is -2.43. The molecule has 0 spiro atoms. The van der Waals surface area contributed by atoms with Gasteiger partial charge >= 0.3 is 11.9 Å². The van der Waals surface area contributed by atoms with E-state index in [1.165, 1.54) is 0 Å². The van der Waals surface area contributed by atoms with E-state index in [0.717, 1.165) is 0 Å².